The van der Waals surface area contributed by atoms with Crippen molar-refractivity contribution < 1.29 is 10.2 Å². The molecule has 8 nitrogen and oxygen atoms in total. The summed E-state index contributed by atoms with van der Waals surface area (Å²) in [5.74, 6) is -2.80. The van der Waals surface area contributed by atoms with E-state index in [0.717, 1.165) is 37.3 Å². The fourth-order valence-electron chi connectivity index (χ4n) is 4.05. The van der Waals surface area contributed by atoms with E-state index in [0.29, 0.717) is 24.5 Å². The lowest BCUT2D eigenvalue weighted by Crippen LogP contribution is -2.55. The molecular weight excluding hydrogens is 464 g/mol. The molecular formula is C29H32N6O2-2. The van der Waals surface area contributed by atoms with Crippen molar-refractivity contribution in [3.8, 4) is 0 Å². The Morgan fingerprint density at radius 2 is 1.03 bits per heavy atom. The Labute approximate surface area is 218 Å². The summed E-state index contributed by atoms with van der Waals surface area (Å²) in [4.78, 5) is 21.7. The molecule has 4 heterocycles. The predicted molar refractivity (Wildman–Crippen MR) is 138 cm³/mol. The summed E-state index contributed by atoms with van der Waals surface area (Å²) in [6.07, 6.45) is 5.17. The molecule has 0 aromatic carbocycles. The highest BCUT2D eigenvalue weighted by atomic mass is 16.5. The zero-order valence-electron chi connectivity index (χ0n) is 21.3. The second kappa shape index (κ2) is 12.6. The first kappa shape index (κ1) is 26.5. The summed E-state index contributed by atoms with van der Waals surface area (Å²) in [5, 5.41) is 26.6. The molecule has 0 aliphatic heterocycles. The van der Waals surface area contributed by atoms with E-state index in [2.05, 4.69) is 29.7 Å². The quantitative estimate of drug-likeness (QED) is 0.272. The van der Waals surface area contributed by atoms with E-state index in [1.54, 1.807) is 24.5 Å². The Bertz CT molecular complexity index is 1160. The summed E-state index contributed by atoms with van der Waals surface area (Å²) in [5.41, 5.74) is 3.22. The number of nitrogens with zero attached hydrogens (tertiary/aromatic N) is 6. The highest BCUT2D eigenvalue weighted by Gasteiger charge is 2.14. The fraction of sp³-hybridized carbons (Fsp3) is 0.310. The monoisotopic (exact) mass is 496 g/mol. The third-order valence-electron chi connectivity index (χ3n) is 6.10. The van der Waals surface area contributed by atoms with Gasteiger partial charge in [-0.15, -0.1) is 5.79 Å². The molecule has 0 radical (unpaired) electrons. The molecule has 0 saturated carbocycles. The van der Waals surface area contributed by atoms with Crippen LogP contribution in [0.3, 0.4) is 0 Å². The topological polar surface area (TPSA) is 104 Å². The van der Waals surface area contributed by atoms with E-state index >= 15 is 0 Å². The van der Waals surface area contributed by atoms with Gasteiger partial charge in [0.25, 0.3) is 0 Å². The van der Waals surface area contributed by atoms with Crippen LogP contribution >= 0.6 is 0 Å². The minimum Gasteiger partial charge on any atom is -0.854 e. The molecule has 0 amide bonds. The second-order valence-corrected chi connectivity index (χ2v) is 9.26. The molecule has 8 heteroatoms. The summed E-state index contributed by atoms with van der Waals surface area (Å²) in [6.45, 7) is 2.59. The first-order valence-corrected chi connectivity index (χ1v) is 12.4. The lowest BCUT2D eigenvalue weighted by molar-refractivity contribution is -0.720. The molecule has 0 bridgehead atoms. The molecule has 37 heavy (non-hydrogen) atoms. The summed E-state index contributed by atoms with van der Waals surface area (Å²) in [6, 6.07) is 21.8. The minimum absolute atomic E-state index is 0.0729. The van der Waals surface area contributed by atoms with Crippen molar-refractivity contribution >= 4 is 0 Å². The SMILES string of the molecule is CN(CCc1ccccn1)Cc1cccc(C([O-])([O-])c2cccc(CN(C)CCc3ccccn3)n2)n1. The van der Waals surface area contributed by atoms with Crippen molar-refractivity contribution in [2.75, 3.05) is 27.2 Å². The maximum absolute atomic E-state index is 13.3. The maximum atomic E-state index is 13.3. The maximum Gasteiger partial charge on any atom is 0.0546 e. The average molecular weight is 497 g/mol. The molecule has 0 atom stereocenters. The standard InChI is InChI=1S/C29H32N6O2/c1-34(19-15-23-9-3-5-17-30-23)21-25-11-7-13-27(32-25)29(36,37)28-14-8-12-26(33-28)22-35(2)20-16-24-10-4-6-18-31-24/h3-14,17-18H,15-16,19-22H2,1-2H3/q-2. The van der Waals surface area contributed by atoms with Crippen LogP contribution in [0.15, 0.2) is 85.2 Å². The van der Waals surface area contributed by atoms with Gasteiger partial charge in [0.1, 0.15) is 0 Å². The van der Waals surface area contributed by atoms with Crippen LogP contribution in [0.4, 0.5) is 0 Å². The van der Waals surface area contributed by atoms with Crippen molar-refractivity contribution in [2.24, 2.45) is 0 Å². The minimum atomic E-state index is -2.80. The molecule has 0 aliphatic rings. The number of pyridine rings is 4. The Kier molecular flexibility index (Phi) is 9.03. The Morgan fingerprint density at radius 1 is 0.595 bits per heavy atom. The van der Waals surface area contributed by atoms with Gasteiger partial charge in [0, 0.05) is 74.2 Å². The molecule has 0 saturated heterocycles. The highest BCUT2D eigenvalue weighted by molar-refractivity contribution is 5.25. The van der Waals surface area contributed by atoms with Gasteiger partial charge >= 0.3 is 0 Å². The molecule has 0 N–H and O–H groups in total. The van der Waals surface area contributed by atoms with Crippen LogP contribution in [0.25, 0.3) is 0 Å². The van der Waals surface area contributed by atoms with E-state index in [1.165, 1.54) is 12.1 Å². The molecule has 0 aliphatic carbocycles. The van der Waals surface area contributed by atoms with Crippen LogP contribution in [0.1, 0.15) is 34.2 Å². The third kappa shape index (κ3) is 7.71. The van der Waals surface area contributed by atoms with E-state index in [1.807, 2.05) is 62.6 Å². The van der Waals surface area contributed by atoms with Gasteiger partial charge in [0.05, 0.1) is 11.4 Å². The van der Waals surface area contributed by atoms with Crippen LogP contribution in [0.2, 0.25) is 0 Å². The van der Waals surface area contributed by atoms with Gasteiger partial charge in [0.2, 0.25) is 0 Å². The number of rotatable bonds is 12. The molecule has 4 aromatic rings. The van der Waals surface area contributed by atoms with Crippen LogP contribution in [0.5, 0.6) is 0 Å². The lowest BCUT2D eigenvalue weighted by Gasteiger charge is -2.47. The van der Waals surface area contributed by atoms with Crippen molar-refractivity contribution in [1.82, 2.24) is 29.7 Å². The number of aromatic nitrogens is 4. The van der Waals surface area contributed by atoms with E-state index in [-0.39, 0.29) is 11.4 Å². The van der Waals surface area contributed by atoms with E-state index in [9.17, 15) is 10.2 Å². The number of likely N-dealkylation sites (N-methyl/N-ethyl adjacent to an activating group) is 2. The smallest absolute Gasteiger partial charge is 0.0546 e. The van der Waals surface area contributed by atoms with Crippen molar-refractivity contribution in [2.45, 2.75) is 31.7 Å². The summed E-state index contributed by atoms with van der Waals surface area (Å²) < 4.78 is 0. The van der Waals surface area contributed by atoms with Gasteiger partial charge in [0.15, 0.2) is 0 Å². The number of hydrogen-bond donors (Lipinski definition) is 0. The zero-order chi connectivity index (χ0) is 26.1. The highest BCUT2D eigenvalue weighted by Crippen LogP contribution is 2.19. The molecule has 0 fully saturated rings. The van der Waals surface area contributed by atoms with Crippen molar-refractivity contribution in [1.29, 1.82) is 0 Å². The second-order valence-electron chi connectivity index (χ2n) is 9.26. The largest absolute Gasteiger partial charge is 0.854 e. The Morgan fingerprint density at radius 3 is 1.43 bits per heavy atom. The third-order valence-corrected chi connectivity index (χ3v) is 6.10. The zero-order valence-corrected chi connectivity index (χ0v) is 21.3. The first-order valence-electron chi connectivity index (χ1n) is 12.4. The Balaban J connectivity index is 1.38. The van der Waals surface area contributed by atoms with E-state index < -0.39 is 5.79 Å². The number of hydrogen-bond acceptors (Lipinski definition) is 8. The predicted octanol–water partition coefficient (Wildman–Crippen LogP) is 1.54. The van der Waals surface area contributed by atoms with Gasteiger partial charge < -0.3 is 20.0 Å². The molecule has 0 unspecified atom stereocenters. The molecule has 192 valence electrons. The average Bonchev–Trinajstić information content (AvgIpc) is 2.92. The fourth-order valence-corrected chi connectivity index (χ4v) is 4.05. The first-order chi connectivity index (χ1) is 17.9. The molecule has 4 aromatic heterocycles. The lowest BCUT2D eigenvalue weighted by atomic mass is 10.1. The van der Waals surface area contributed by atoms with Gasteiger partial charge in [-0.05, 0) is 62.6 Å². The van der Waals surface area contributed by atoms with E-state index in [4.69, 9.17) is 0 Å². The van der Waals surface area contributed by atoms with Crippen molar-refractivity contribution in [3.63, 3.8) is 0 Å². The summed E-state index contributed by atoms with van der Waals surface area (Å²) in [7, 11) is 3.96. The van der Waals surface area contributed by atoms with Gasteiger partial charge in [-0.2, -0.15) is 0 Å². The molecule has 4 rings (SSSR count). The van der Waals surface area contributed by atoms with Crippen LogP contribution < -0.4 is 10.2 Å². The van der Waals surface area contributed by atoms with Crippen molar-refractivity contribution in [3.05, 3.63) is 119 Å². The van der Waals surface area contributed by atoms with Gasteiger partial charge in [-0.1, -0.05) is 24.3 Å². The Hall–Kier alpha value is -3.56. The van der Waals surface area contributed by atoms with Crippen LogP contribution in [0, 0.1) is 0 Å². The normalized spacial score (nSPS) is 11.8. The molecule has 0 spiro atoms. The van der Waals surface area contributed by atoms with Crippen LogP contribution in [-0.2, 0) is 31.7 Å². The summed E-state index contributed by atoms with van der Waals surface area (Å²) >= 11 is 0. The van der Waals surface area contributed by atoms with Gasteiger partial charge in [-0.3, -0.25) is 19.9 Å². The van der Waals surface area contributed by atoms with Crippen LogP contribution in [-0.4, -0.2) is 56.9 Å². The van der Waals surface area contributed by atoms with Gasteiger partial charge in [-0.25, -0.2) is 0 Å².